The third-order valence-corrected chi connectivity index (χ3v) is 0. The van der Waals surface area contributed by atoms with E-state index in [0.29, 0.717) is 0 Å². The van der Waals surface area contributed by atoms with Crippen molar-refractivity contribution in [2.45, 2.75) is 0 Å². The minimum Gasteiger partial charge on any atom is -0.411 e. The Morgan fingerprint density at radius 3 is 1.60 bits per heavy atom. The summed E-state index contributed by atoms with van der Waals surface area (Å²) in [5.74, 6) is 0. The van der Waals surface area contributed by atoms with Crippen LogP contribution in [0.4, 0.5) is 0 Å². The molecule has 30 valence electrons. The predicted octanol–water partition coefficient (Wildman–Crippen LogP) is -0.109. The molecule has 0 saturated heterocycles. The van der Waals surface area contributed by atoms with E-state index in [1.54, 1.807) is 0 Å². The Balaban J connectivity index is 0. The van der Waals surface area contributed by atoms with Crippen LogP contribution in [0.15, 0.2) is 5.16 Å². The molecule has 0 atom stereocenters. The highest BCUT2D eigenvalue weighted by molar-refractivity contribution is 5.20. The highest BCUT2D eigenvalue weighted by atomic mass is 16.4. The molecule has 0 amide bonds. The first-order valence-corrected chi connectivity index (χ1v) is 0.805. The van der Waals surface area contributed by atoms with E-state index in [1.165, 1.54) is 0 Å². The second-order valence-electron chi connectivity index (χ2n) is 0.141. The van der Waals surface area contributed by atoms with Crippen LogP contribution in [0, 0.1) is 0 Å². The lowest BCUT2D eigenvalue weighted by molar-refractivity contribution is -0.0979. The van der Waals surface area contributed by atoms with E-state index < -0.39 is 0 Å². The van der Waals surface area contributed by atoms with E-state index in [2.05, 4.69) is 11.9 Å². The van der Waals surface area contributed by atoms with Gasteiger partial charge in [-0.3, -0.25) is 0 Å². The molecule has 0 heterocycles. The fraction of sp³-hybridized carbons (Fsp3) is 0. The van der Waals surface area contributed by atoms with Crippen LogP contribution < -0.4 is 0 Å². The molecule has 0 aliphatic heterocycles. The molecule has 0 unspecified atom stereocenters. The summed E-state index contributed by atoms with van der Waals surface area (Å²) in [4.78, 5) is 8.00. The van der Waals surface area contributed by atoms with Gasteiger partial charge in [-0.1, -0.05) is 0 Å². The largest absolute Gasteiger partial charge is 0.411 e. The van der Waals surface area contributed by atoms with Crippen molar-refractivity contribution in [3.8, 4) is 0 Å². The van der Waals surface area contributed by atoms with E-state index in [9.17, 15) is 0 Å². The quantitative estimate of drug-likeness (QED) is 0.248. The third-order valence-electron chi connectivity index (χ3n) is 0. The summed E-state index contributed by atoms with van der Waals surface area (Å²) in [6, 6.07) is 0. The Morgan fingerprint density at radius 1 is 1.60 bits per heavy atom. The van der Waals surface area contributed by atoms with Gasteiger partial charge in [-0.25, -0.2) is 0 Å². The maximum Gasteiger partial charge on any atom is 0.106 e. The monoisotopic (exact) mass is 75.0 g/mol. The molecule has 0 fully saturated rings. The van der Waals surface area contributed by atoms with Gasteiger partial charge in [0.15, 0.2) is 0 Å². The molecule has 0 saturated carbocycles. The van der Waals surface area contributed by atoms with Gasteiger partial charge in [0.2, 0.25) is 0 Å². The van der Waals surface area contributed by atoms with Crippen LogP contribution in [0.1, 0.15) is 0 Å². The Morgan fingerprint density at radius 2 is 1.60 bits per heavy atom. The predicted molar refractivity (Wildman–Crippen MR) is 18.5 cm³/mol. The summed E-state index contributed by atoms with van der Waals surface area (Å²) in [6.07, 6.45) is 0. The fourth-order valence-corrected chi connectivity index (χ4v) is 0. The van der Waals surface area contributed by atoms with Gasteiger partial charge in [0.1, 0.15) is 6.79 Å². The van der Waals surface area contributed by atoms with Gasteiger partial charge in [0.05, 0.1) is 0 Å². The van der Waals surface area contributed by atoms with Crippen LogP contribution >= 0.6 is 0 Å². The molecule has 0 aromatic carbocycles. The second-order valence-corrected chi connectivity index (χ2v) is 0.141. The molecule has 3 nitrogen and oxygen atoms in total. The van der Waals surface area contributed by atoms with E-state index in [1.807, 2.05) is 6.79 Å². The molecule has 0 bridgehead atoms. The number of rotatable bonds is 0. The molecule has 0 radical (unpaired) electrons. The SMILES string of the molecule is C=NO.C=O. The van der Waals surface area contributed by atoms with Crippen LogP contribution in [-0.4, -0.2) is 18.7 Å². The van der Waals surface area contributed by atoms with E-state index in [0.717, 1.165) is 0 Å². The number of oxime groups is 1. The zero-order valence-electron chi connectivity index (χ0n) is 2.72. The average molecular weight is 75.1 g/mol. The summed E-state index contributed by atoms with van der Waals surface area (Å²) in [5, 5.41) is 9.33. The third kappa shape index (κ3) is 5.52. The van der Waals surface area contributed by atoms with Crippen LogP contribution in [0.25, 0.3) is 0 Å². The normalized spacial score (nSPS) is 3.20. The number of hydrogen-bond acceptors (Lipinski definition) is 3. The molecule has 0 aliphatic rings. The first kappa shape index (κ1) is 8.91. The lowest BCUT2D eigenvalue weighted by Gasteiger charge is -1.43. The van der Waals surface area contributed by atoms with Crippen molar-refractivity contribution in [3.63, 3.8) is 0 Å². The summed E-state index contributed by atoms with van der Waals surface area (Å²) in [6.45, 7) is 4.67. The minimum absolute atomic E-state index is 2.00. The zero-order chi connectivity index (χ0) is 4.71. The van der Waals surface area contributed by atoms with Crippen LogP contribution in [0.3, 0.4) is 0 Å². The van der Waals surface area contributed by atoms with Crippen molar-refractivity contribution in [2.75, 3.05) is 0 Å². The van der Waals surface area contributed by atoms with Crippen molar-refractivity contribution >= 4 is 13.5 Å². The van der Waals surface area contributed by atoms with Crippen molar-refractivity contribution < 1.29 is 10.0 Å². The van der Waals surface area contributed by atoms with Gasteiger partial charge >= 0.3 is 0 Å². The standard InChI is InChI=1S/CH3NO.CH2O/c1-2-3;1-2/h3H,1H2;1H2. The molecule has 0 aromatic rings. The molecular weight excluding hydrogens is 70.0 g/mol. The Bertz CT molecular complexity index is 21.6. The van der Waals surface area contributed by atoms with Crippen LogP contribution in [0.5, 0.6) is 0 Å². The highest BCUT2D eigenvalue weighted by Crippen LogP contribution is 1.20. The van der Waals surface area contributed by atoms with Gasteiger partial charge < -0.3 is 10.0 Å². The molecule has 0 spiro atoms. The lowest BCUT2D eigenvalue weighted by Crippen LogP contribution is -1.30. The lowest BCUT2D eigenvalue weighted by atomic mass is 11.8. The highest BCUT2D eigenvalue weighted by Gasteiger charge is 1.06. The first-order chi connectivity index (χ1) is 2.41. The van der Waals surface area contributed by atoms with Crippen LogP contribution in [-0.2, 0) is 4.79 Å². The molecule has 0 aliphatic carbocycles. The van der Waals surface area contributed by atoms with Crippen molar-refractivity contribution in [1.29, 1.82) is 0 Å². The van der Waals surface area contributed by atoms with Gasteiger partial charge in [0.25, 0.3) is 0 Å². The second kappa shape index (κ2) is 734. The summed E-state index contributed by atoms with van der Waals surface area (Å²) in [7, 11) is 0. The molecule has 1 N–H and O–H groups in total. The molecule has 3 heteroatoms. The van der Waals surface area contributed by atoms with Gasteiger partial charge in [-0.05, 0) is 0 Å². The van der Waals surface area contributed by atoms with Crippen LogP contribution in [0.2, 0.25) is 0 Å². The first-order valence-electron chi connectivity index (χ1n) is 0.805. The minimum atomic E-state index is 2.00. The summed E-state index contributed by atoms with van der Waals surface area (Å²) < 4.78 is 0. The maximum absolute atomic E-state index is 8.00. The number of nitrogens with zero attached hydrogens (tertiary/aromatic N) is 1. The Hall–Kier alpha value is -0.860. The van der Waals surface area contributed by atoms with Gasteiger partial charge in [-0.15, -0.1) is 5.16 Å². The number of carbonyl (C=O) groups excluding carboxylic acids is 1. The zero-order valence-corrected chi connectivity index (χ0v) is 2.72. The van der Waals surface area contributed by atoms with E-state index >= 15 is 0 Å². The Kier molecular flexibility index (Phi) is 1310. The summed E-state index contributed by atoms with van der Waals surface area (Å²) in [5.41, 5.74) is 0. The van der Waals surface area contributed by atoms with E-state index in [-0.39, 0.29) is 0 Å². The number of hydrogen-bond donors (Lipinski definition) is 1. The van der Waals surface area contributed by atoms with Crippen molar-refractivity contribution in [1.82, 2.24) is 0 Å². The Labute approximate surface area is 29.9 Å². The molecule has 0 aromatic heterocycles. The average Bonchev–Trinajstić information content (AvgIpc) is 1.46. The van der Waals surface area contributed by atoms with Gasteiger partial charge in [-0.2, -0.15) is 0 Å². The van der Waals surface area contributed by atoms with Gasteiger partial charge in [0, 0.05) is 6.72 Å². The maximum atomic E-state index is 8.00. The molecular formula is C2H5NO2. The van der Waals surface area contributed by atoms with Crippen molar-refractivity contribution in [2.24, 2.45) is 5.16 Å². The fourth-order valence-electron chi connectivity index (χ4n) is 0. The molecule has 0 rings (SSSR count). The molecule has 5 heavy (non-hydrogen) atoms. The smallest absolute Gasteiger partial charge is 0.106 e. The number of carbonyl (C=O) groups is 1. The van der Waals surface area contributed by atoms with E-state index in [4.69, 9.17) is 10.0 Å². The van der Waals surface area contributed by atoms with Crippen molar-refractivity contribution in [3.05, 3.63) is 0 Å². The topological polar surface area (TPSA) is 49.7 Å². The summed E-state index contributed by atoms with van der Waals surface area (Å²) >= 11 is 0.